The van der Waals surface area contributed by atoms with E-state index in [1.54, 1.807) is 0 Å². The number of ether oxygens (including phenoxy) is 4. The topological polar surface area (TPSA) is 199 Å². The van der Waals surface area contributed by atoms with E-state index < -0.39 is 54.7 Å². The SMILES string of the molecule is O=C(CO)NCCOCCOCCOCCNC(=O)COc1cccc2c1C(=O)N(C1CCC(=O)NC1=O)C2=O. The molecular weight excluding hydrogens is 532 g/mol. The molecule has 0 aliphatic carbocycles. The van der Waals surface area contributed by atoms with Crippen LogP contribution in [0.25, 0.3) is 0 Å². The lowest BCUT2D eigenvalue weighted by Gasteiger charge is -2.27. The van der Waals surface area contributed by atoms with E-state index in [0.717, 1.165) is 4.90 Å². The number of nitrogens with zero attached hydrogens (tertiary/aromatic N) is 1. The molecule has 2 heterocycles. The number of hydrogen-bond acceptors (Lipinski definition) is 11. The highest BCUT2D eigenvalue weighted by Crippen LogP contribution is 2.33. The van der Waals surface area contributed by atoms with E-state index in [-0.39, 0.29) is 42.9 Å². The molecule has 0 saturated carbocycles. The molecule has 1 saturated heterocycles. The fourth-order valence-electron chi connectivity index (χ4n) is 3.92. The lowest BCUT2D eigenvalue weighted by atomic mass is 10.0. The lowest BCUT2D eigenvalue weighted by molar-refractivity contribution is -0.136. The first-order valence-electron chi connectivity index (χ1n) is 12.7. The fraction of sp³-hybridized carbons (Fsp3) is 0.520. The number of nitrogens with one attached hydrogen (secondary N) is 3. The van der Waals surface area contributed by atoms with Gasteiger partial charge in [0.25, 0.3) is 17.7 Å². The number of imide groups is 2. The first-order valence-corrected chi connectivity index (χ1v) is 12.7. The summed E-state index contributed by atoms with van der Waals surface area (Å²) in [5.74, 6) is -3.46. The summed E-state index contributed by atoms with van der Waals surface area (Å²) in [6.07, 6.45) is 0.0430. The number of carbonyl (C=O) groups excluding carboxylic acids is 6. The summed E-state index contributed by atoms with van der Waals surface area (Å²) >= 11 is 0. The first kappa shape index (κ1) is 30.6. The van der Waals surface area contributed by atoms with Gasteiger partial charge in [-0.25, -0.2) is 0 Å². The maximum atomic E-state index is 13.0. The highest BCUT2D eigenvalue weighted by molar-refractivity contribution is 6.24. The number of rotatable bonds is 17. The van der Waals surface area contributed by atoms with E-state index in [1.165, 1.54) is 18.2 Å². The third-order valence-electron chi connectivity index (χ3n) is 5.81. The zero-order valence-electron chi connectivity index (χ0n) is 21.8. The Bertz CT molecular complexity index is 1110. The second kappa shape index (κ2) is 15.6. The zero-order valence-corrected chi connectivity index (χ0v) is 21.8. The van der Waals surface area contributed by atoms with Crippen molar-refractivity contribution >= 4 is 35.4 Å². The van der Waals surface area contributed by atoms with Crippen molar-refractivity contribution in [2.24, 2.45) is 0 Å². The van der Waals surface area contributed by atoms with Crippen LogP contribution in [0.1, 0.15) is 33.6 Å². The van der Waals surface area contributed by atoms with Gasteiger partial charge in [-0.05, 0) is 18.6 Å². The molecule has 1 atom stereocenters. The summed E-state index contributed by atoms with van der Waals surface area (Å²) < 4.78 is 21.5. The summed E-state index contributed by atoms with van der Waals surface area (Å²) in [5.41, 5.74) is 0.0218. The molecule has 2 aliphatic heterocycles. The molecule has 15 heteroatoms. The van der Waals surface area contributed by atoms with Crippen molar-refractivity contribution in [3.8, 4) is 5.75 Å². The molecule has 6 amide bonds. The van der Waals surface area contributed by atoms with Crippen LogP contribution < -0.4 is 20.7 Å². The third kappa shape index (κ3) is 8.54. The van der Waals surface area contributed by atoms with Crippen LogP contribution in [0.4, 0.5) is 0 Å². The minimum atomic E-state index is -1.10. The number of amides is 6. The molecule has 3 rings (SSSR count). The second-order valence-electron chi connectivity index (χ2n) is 8.61. The average molecular weight is 565 g/mol. The molecule has 0 radical (unpaired) electrons. The molecule has 218 valence electrons. The molecule has 15 nitrogen and oxygen atoms in total. The molecule has 0 spiro atoms. The van der Waals surface area contributed by atoms with Crippen molar-refractivity contribution < 1.29 is 52.8 Å². The Labute approximate surface area is 229 Å². The van der Waals surface area contributed by atoms with Gasteiger partial charge in [0.05, 0.1) is 50.8 Å². The van der Waals surface area contributed by atoms with Crippen molar-refractivity contribution in [1.82, 2.24) is 20.9 Å². The maximum absolute atomic E-state index is 13.0. The van der Waals surface area contributed by atoms with Gasteiger partial charge in [-0.1, -0.05) is 6.07 Å². The highest BCUT2D eigenvalue weighted by Gasteiger charge is 2.46. The molecule has 0 bridgehead atoms. The molecule has 1 fully saturated rings. The summed E-state index contributed by atoms with van der Waals surface area (Å²) in [7, 11) is 0. The summed E-state index contributed by atoms with van der Waals surface area (Å²) in [6.45, 7) is 1.36. The number of benzene rings is 1. The van der Waals surface area contributed by atoms with Crippen molar-refractivity contribution in [3.05, 3.63) is 29.3 Å². The van der Waals surface area contributed by atoms with Crippen molar-refractivity contribution in [2.75, 3.05) is 65.9 Å². The summed E-state index contributed by atoms with van der Waals surface area (Å²) in [4.78, 5) is 73.4. The van der Waals surface area contributed by atoms with Gasteiger partial charge in [0.2, 0.25) is 17.7 Å². The van der Waals surface area contributed by atoms with Crippen LogP contribution in [0, 0.1) is 0 Å². The predicted octanol–water partition coefficient (Wildman–Crippen LogP) is -2.26. The summed E-state index contributed by atoms with van der Waals surface area (Å²) in [6, 6.07) is 3.29. The van der Waals surface area contributed by atoms with Gasteiger partial charge in [-0.2, -0.15) is 0 Å². The Morgan fingerprint density at radius 1 is 0.900 bits per heavy atom. The van der Waals surface area contributed by atoms with Crippen LogP contribution in [0.5, 0.6) is 5.75 Å². The van der Waals surface area contributed by atoms with E-state index in [4.69, 9.17) is 24.1 Å². The average Bonchev–Trinajstić information content (AvgIpc) is 3.19. The normalized spacial score (nSPS) is 16.5. The van der Waals surface area contributed by atoms with Crippen molar-refractivity contribution in [3.63, 3.8) is 0 Å². The van der Waals surface area contributed by atoms with Crippen LogP contribution in [0.3, 0.4) is 0 Å². The number of hydrogen-bond donors (Lipinski definition) is 4. The highest BCUT2D eigenvalue weighted by atomic mass is 16.5. The second-order valence-corrected chi connectivity index (χ2v) is 8.61. The number of piperidine rings is 1. The minimum absolute atomic E-state index is 0.00919. The van der Waals surface area contributed by atoms with E-state index in [0.29, 0.717) is 39.6 Å². The standard InChI is InChI=1S/C25H32N4O11/c30-14-20(32)26-6-8-37-10-12-39-13-11-38-9-7-27-21(33)15-40-18-3-1-2-16-22(18)25(36)29(24(16)35)17-4-5-19(31)28-23(17)34/h1-3,17,30H,4-15H2,(H,26,32)(H,27,33)(H,28,31,34). The number of fused-ring (bicyclic) bond motifs is 1. The van der Waals surface area contributed by atoms with Crippen LogP contribution in [-0.2, 0) is 33.4 Å². The van der Waals surface area contributed by atoms with Gasteiger partial charge in [0, 0.05) is 19.5 Å². The molecule has 4 N–H and O–H groups in total. The van der Waals surface area contributed by atoms with Crippen LogP contribution in [0.15, 0.2) is 18.2 Å². The monoisotopic (exact) mass is 564 g/mol. The molecule has 0 aromatic heterocycles. The maximum Gasteiger partial charge on any atom is 0.266 e. The van der Waals surface area contributed by atoms with Gasteiger partial charge in [0.15, 0.2) is 6.61 Å². The lowest BCUT2D eigenvalue weighted by Crippen LogP contribution is -2.54. The Morgan fingerprint density at radius 3 is 2.15 bits per heavy atom. The van der Waals surface area contributed by atoms with Crippen LogP contribution in [-0.4, -0.2) is 117 Å². The van der Waals surface area contributed by atoms with Gasteiger partial charge in [0.1, 0.15) is 18.4 Å². The Kier molecular flexibility index (Phi) is 12.0. The Hall–Kier alpha value is -3.92. The van der Waals surface area contributed by atoms with Gasteiger partial charge >= 0.3 is 0 Å². The third-order valence-corrected chi connectivity index (χ3v) is 5.81. The van der Waals surface area contributed by atoms with E-state index in [2.05, 4.69) is 16.0 Å². The quantitative estimate of drug-likeness (QED) is 0.118. The molecule has 1 aromatic rings. The largest absolute Gasteiger partial charge is 0.483 e. The van der Waals surface area contributed by atoms with Gasteiger partial charge in [-0.15, -0.1) is 0 Å². The molecule has 40 heavy (non-hydrogen) atoms. The van der Waals surface area contributed by atoms with Crippen molar-refractivity contribution in [2.45, 2.75) is 18.9 Å². The number of aliphatic hydroxyl groups is 1. The zero-order chi connectivity index (χ0) is 28.9. The predicted molar refractivity (Wildman–Crippen MR) is 134 cm³/mol. The molecule has 1 aromatic carbocycles. The van der Waals surface area contributed by atoms with E-state index in [1.807, 2.05) is 0 Å². The molecule has 1 unspecified atom stereocenters. The molecular formula is C25H32N4O11. The van der Waals surface area contributed by atoms with Gasteiger partial charge < -0.3 is 34.7 Å². The van der Waals surface area contributed by atoms with Crippen LogP contribution in [0.2, 0.25) is 0 Å². The van der Waals surface area contributed by atoms with Gasteiger partial charge in [-0.3, -0.25) is 39.0 Å². The minimum Gasteiger partial charge on any atom is -0.483 e. The van der Waals surface area contributed by atoms with E-state index >= 15 is 0 Å². The smallest absolute Gasteiger partial charge is 0.266 e. The fourth-order valence-corrected chi connectivity index (χ4v) is 3.92. The van der Waals surface area contributed by atoms with E-state index in [9.17, 15) is 28.8 Å². The van der Waals surface area contributed by atoms with Crippen molar-refractivity contribution in [1.29, 1.82) is 0 Å². The van der Waals surface area contributed by atoms with Crippen LogP contribution >= 0.6 is 0 Å². The molecule has 2 aliphatic rings. The first-order chi connectivity index (χ1) is 19.3. The summed E-state index contributed by atoms with van der Waals surface area (Å²) in [5, 5.41) is 15.8. The Balaban J connectivity index is 1.30. The Morgan fingerprint density at radius 2 is 1.52 bits per heavy atom. The number of carbonyl (C=O) groups is 6. The number of aliphatic hydroxyl groups excluding tert-OH is 1.